The van der Waals surface area contributed by atoms with E-state index in [2.05, 4.69) is 10.7 Å². The average molecular weight is 415 g/mol. The molecule has 1 saturated heterocycles. The minimum Gasteiger partial charge on any atom is -0.455 e. The molecular weight excluding hydrogens is 386 g/mol. The normalized spacial score (nSPS) is 19.9. The Labute approximate surface area is 176 Å². The molecule has 2 fully saturated rings. The first-order valence-corrected chi connectivity index (χ1v) is 10.6. The van der Waals surface area contributed by atoms with Gasteiger partial charge in [-0.1, -0.05) is 69.9 Å². The van der Waals surface area contributed by atoms with Crippen molar-refractivity contribution in [1.29, 1.82) is 0 Å². The summed E-state index contributed by atoms with van der Waals surface area (Å²) >= 11 is 0. The summed E-state index contributed by atoms with van der Waals surface area (Å²) in [6, 6.07) is 8.63. The molecule has 1 saturated carbocycles. The summed E-state index contributed by atoms with van der Waals surface area (Å²) in [6.45, 7) is 3.37. The van der Waals surface area contributed by atoms with Gasteiger partial charge in [0.1, 0.15) is 5.54 Å². The first-order chi connectivity index (χ1) is 14.4. The second-order valence-corrected chi connectivity index (χ2v) is 8.13. The molecular formula is C22H29N3O5. The van der Waals surface area contributed by atoms with Gasteiger partial charge in [-0.15, -0.1) is 0 Å². The van der Waals surface area contributed by atoms with Crippen LogP contribution >= 0.6 is 0 Å². The van der Waals surface area contributed by atoms with Gasteiger partial charge in [0, 0.05) is 0 Å². The lowest BCUT2D eigenvalue weighted by Gasteiger charge is -2.30. The molecule has 1 aromatic carbocycles. The fourth-order valence-corrected chi connectivity index (χ4v) is 4.19. The molecule has 0 radical (unpaired) electrons. The summed E-state index contributed by atoms with van der Waals surface area (Å²) in [7, 11) is 0. The predicted molar refractivity (Wildman–Crippen MR) is 109 cm³/mol. The van der Waals surface area contributed by atoms with Crippen LogP contribution in [0, 0.1) is 5.92 Å². The van der Waals surface area contributed by atoms with Gasteiger partial charge in [-0.25, -0.2) is 4.79 Å². The van der Waals surface area contributed by atoms with Gasteiger partial charge in [-0.2, -0.15) is 5.01 Å². The highest BCUT2D eigenvalue weighted by Crippen LogP contribution is 2.33. The van der Waals surface area contributed by atoms with Gasteiger partial charge in [0.2, 0.25) is 0 Å². The Morgan fingerprint density at radius 1 is 1.17 bits per heavy atom. The fourth-order valence-electron chi connectivity index (χ4n) is 4.19. The second-order valence-electron chi connectivity index (χ2n) is 8.13. The lowest BCUT2D eigenvalue weighted by molar-refractivity contribution is -0.153. The zero-order valence-corrected chi connectivity index (χ0v) is 17.5. The topological polar surface area (TPSA) is 105 Å². The zero-order valence-electron chi connectivity index (χ0n) is 17.5. The second kappa shape index (κ2) is 9.28. The maximum absolute atomic E-state index is 12.7. The number of benzene rings is 1. The van der Waals surface area contributed by atoms with Crippen molar-refractivity contribution in [2.24, 2.45) is 5.92 Å². The molecule has 2 N–H and O–H groups in total. The standard InChI is InChI=1S/C22H29N3O5/c1-3-15(2)18(16-10-6-4-7-11-16)19(27)30-14-17(26)24-25-20(28)22(23-21(25)29)12-8-5-9-13-22/h4,6-7,10-11,15,18H,3,5,8-9,12-14H2,1-2H3,(H,23,29)(H,24,26)/t15-,18+/m1/s1. The Morgan fingerprint density at radius 3 is 2.47 bits per heavy atom. The smallest absolute Gasteiger partial charge is 0.344 e. The van der Waals surface area contributed by atoms with Crippen molar-refractivity contribution in [3.8, 4) is 0 Å². The van der Waals surface area contributed by atoms with E-state index in [1.165, 1.54) is 0 Å². The zero-order chi connectivity index (χ0) is 21.7. The summed E-state index contributed by atoms with van der Waals surface area (Å²) in [5, 5.41) is 3.43. The summed E-state index contributed by atoms with van der Waals surface area (Å²) < 4.78 is 5.24. The molecule has 0 unspecified atom stereocenters. The van der Waals surface area contributed by atoms with Crippen molar-refractivity contribution in [3.63, 3.8) is 0 Å². The van der Waals surface area contributed by atoms with Crippen molar-refractivity contribution < 1.29 is 23.9 Å². The minimum atomic E-state index is -0.922. The lowest BCUT2D eigenvalue weighted by atomic mass is 9.82. The molecule has 1 aliphatic heterocycles. The molecule has 1 aromatic rings. The van der Waals surface area contributed by atoms with Crippen LogP contribution in [0.4, 0.5) is 4.79 Å². The summed E-state index contributed by atoms with van der Waals surface area (Å²) in [5.74, 6) is -2.15. The largest absolute Gasteiger partial charge is 0.455 e. The lowest BCUT2D eigenvalue weighted by Crippen LogP contribution is -2.51. The van der Waals surface area contributed by atoms with Crippen molar-refractivity contribution in [1.82, 2.24) is 15.8 Å². The predicted octanol–water partition coefficient (Wildman–Crippen LogP) is 2.65. The van der Waals surface area contributed by atoms with Crippen molar-refractivity contribution in [2.45, 2.75) is 63.8 Å². The van der Waals surface area contributed by atoms with E-state index in [1.807, 2.05) is 44.2 Å². The molecule has 1 heterocycles. The number of esters is 1. The molecule has 30 heavy (non-hydrogen) atoms. The molecule has 1 spiro atoms. The van der Waals surface area contributed by atoms with Gasteiger partial charge in [-0.05, 0) is 24.3 Å². The number of urea groups is 1. The molecule has 0 bridgehead atoms. The number of ether oxygens (including phenoxy) is 1. The highest BCUT2D eigenvalue weighted by atomic mass is 16.5. The van der Waals surface area contributed by atoms with Crippen LogP contribution in [0.5, 0.6) is 0 Å². The Bertz CT molecular complexity index is 804. The van der Waals surface area contributed by atoms with E-state index in [4.69, 9.17) is 4.74 Å². The number of nitrogens with one attached hydrogen (secondary N) is 2. The van der Waals surface area contributed by atoms with Gasteiger partial charge in [0.15, 0.2) is 6.61 Å². The molecule has 2 aliphatic rings. The van der Waals surface area contributed by atoms with Crippen LogP contribution in [-0.2, 0) is 19.1 Å². The van der Waals surface area contributed by atoms with E-state index < -0.39 is 41.9 Å². The molecule has 8 heteroatoms. The maximum Gasteiger partial charge on any atom is 0.344 e. The van der Waals surface area contributed by atoms with Gasteiger partial charge >= 0.3 is 12.0 Å². The van der Waals surface area contributed by atoms with Gasteiger partial charge in [-0.3, -0.25) is 19.8 Å². The summed E-state index contributed by atoms with van der Waals surface area (Å²) in [5.41, 5.74) is 2.19. The molecule has 2 atom stereocenters. The van der Waals surface area contributed by atoms with E-state index in [1.54, 1.807) is 0 Å². The van der Waals surface area contributed by atoms with E-state index in [0.29, 0.717) is 17.9 Å². The number of carbonyl (C=O) groups excluding carboxylic acids is 4. The third kappa shape index (κ3) is 4.47. The number of imide groups is 1. The van der Waals surface area contributed by atoms with Crippen molar-refractivity contribution >= 4 is 23.8 Å². The molecule has 1 aliphatic carbocycles. The van der Waals surface area contributed by atoms with Crippen LogP contribution in [0.3, 0.4) is 0 Å². The minimum absolute atomic E-state index is 0.0278. The number of hydrogen-bond acceptors (Lipinski definition) is 5. The number of amides is 4. The third-order valence-electron chi connectivity index (χ3n) is 6.08. The summed E-state index contributed by atoms with van der Waals surface area (Å²) in [4.78, 5) is 49.9. The number of rotatable bonds is 7. The monoisotopic (exact) mass is 415 g/mol. The SMILES string of the molecule is CC[C@@H](C)[C@H](C(=O)OCC(=O)NN1C(=O)NC2(CCCCC2)C1=O)c1ccccc1. The van der Waals surface area contributed by atoms with Crippen LogP contribution in [0.25, 0.3) is 0 Å². The number of carbonyl (C=O) groups is 4. The number of nitrogens with zero attached hydrogens (tertiary/aromatic N) is 1. The Balaban J connectivity index is 1.59. The molecule has 3 rings (SSSR count). The van der Waals surface area contributed by atoms with E-state index in [9.17, 15) is 19.2 Å². The molecule has 0 aromatic heterocycles. The first kappa shape index (κ1) is 21.8. The first-order valence-electron chi connectivity index (χ1n) is 10.6. The molecule has 162 valence electrons. The van der Waals surface area contributed by atoms with Crippen molar-refractivity contribution in [3.05, 3.63) is 35.9 Å². The number of hydrazine groups is 1. The van der Waals surface area contributed by atoms with Crippen LogP contribution in [0.15, 0.2) is 30.3 Å². The summed E-state index contributed by atoms with van der Waals surface area (Å²) in [6.07, 6.45) is 4.61. The van der Waals surface area contributed by atoms with E-state index in [0.717, 1.165) is 31.2 Å². The van der Waals surface area contributed by atoms with E-state index in [-0.39, 0.29) is 5.92 Å². The highest BCUT2D eigenvalue weighted by molar-refractivity contribution is 6.08. The Kier molecular flexibility index (Phi) is 6.74. The molecule has 4 amide bonds. The van der Waals surface area contributed by atoms with Crippen LogP contribution in [0.1, 0.15) is 63.9 Å². The highest BCUT2D eigenvalue weighted by Gasteiger charge is 2.52. The Hall–Kier alpha value is -2.90. The molecule has 8 nitrogen and oxygen atoms in total. The third-order valence-corrected chi connectivity index (χ3v) is 6.08. The maximum atomic E-state index is 12.7. The Morgan fingerprint density at radius 2 is 1.83 bits per heavy atom. The number of hydrogen-bond donors (Lipinski definition) is 2. The van der Waals surface area contributed by atoms with Gasteiger partial charge in [0.25, 0.3) is 11.8 Å². The van der Waals surface area contributed by atoms with Crippen LogP contribution in [-0.4, -0.2) is 41.0 Å². The van der Waals surface area contributed by atoms with Crippen molar-refractivity contribution in [2.75, 3.05) is 6.61 Å². The van der Waals surface area contributed by atoms with E-state index >= 15 is 0 Å². The van der Waals surface area contributed by atoms with Crippen LogP contribution < -0.4 is 10.7 Å². The average Bonchev–Trinajstić information content (AvgIpc) is 2.97. The van der Waals surface area contributed by atoms with Gasteiger partial charge in [0.05, 0.1) is 5.92 Å². The van der Waals surface area contributed by atoms with Gasteiger partial charge < -0.3 is 10.1 Å². The fraction of sp³-hybridized carbons (Fsp3) is 0.545. The van der Waals surface area contributed by atoms with Crippen LogP contribution in [0.2, 0.25) is 0 Å². The quantitative estimate of drug-likeness (QED) is 0.526.